The fourth-order valence-electron chi connectivity index (χ4n) is 1.46. The van der Waals surface area contributed by atoms with E-state index in [9.17, 15) is 9.59 Å². The normalized spacial score (nSPS) is 19.3. The van der Waals surface area contributed by atoms with Gasteiger partial charge in [-0.25, -0.2) is 0 Å². The van der Waals surface area contributed by atoms with E-state index in [2.05, 4.69) is 15.9 Å². The van der Waals surface area contributed by atoms with Crippen molar-refractivity contribution in [3.63, 3.8) is 0 Å². The summed E-state index contributed by atoms with van der Waals surface area (Å²) in [7, 11) is 0. The van der Waals surface area contributed by atoms with Gasteiger partial charge in [0.05, 0.1) is 12.7 Å². The quantitative estimate of drug-likeness (QED) is 0.782. The van der Waals surface area contributed by atoms with Crippen LogP contribution in [-0.2, 0) is 9.53 Å². The lowest BCUT2D eigenvalue weighted by molar-refractivity contribution is -0.117. The van der Waals surface area contributed by atoms with Crippen molar-refractivity contribution >= 4 is 27.5 Å². The molecular weight excluding hydrogens is 272 g/mol. The molecule has 1 aromatic carbocycles. The first-order chi connectivity index (χ1) is 7.66. The van der Waals surface area contributed by atoms with Gasteiger partial charge in [-0.05, 0) is 12.1 Å². The van der Waals surface area contributed by atoms with Gasteiger partial charge in [0, 0.05) is 16.1 Å². The molecule has 0 aromatic heterocycles. The van der Waals surface area contributed by atoms with Crippen molar-refractivity contribution in [3.8, 4) is 0 Å². The van der Waals surface area contributed by atoms with E-state index in [1.165, 1.54) is 12.3 Å². The van der Waals surface area contributed by atoms with Gasteiger partial charge >= 0.3 is 0 Å². The van der Waals surface area contributed by atoms with Crippen molar-refractivity contribution in [2.24, 2.45) is 0 Å². The fraction of sp³-hybridized carbons (Fsp3) is 0.167. The predicted octanol–water partition coefficient (Wildman–Crippen LogP) is 2.50. The van der Waals surface area contributed by atoms with Gasteiger partial charge in [-0.15, -0.1) is 0 Å². The third-order valence-corrected chi connectivity index (χ3v) is 2.83. The summed E-state index contributed by atoms with van der Waals surface area (Å²) < 4.78 is 6.04. The van der Waals surface area contributed by atoms with E-state index >= 15 is 0 Å². The molecule has 0 amide bonds. The molecule has 4 heteroatoms. The van der Waals surface area contributed by atoms with Gasteiger partial charge in [0.2, 0.25) is 5.78 Å². The van der Waals surface area contributed by atoms with Crippen molar-refractivity contribution in [2.45, 2.75) is 12.5 Å². The Kier molecular flexibility index (Phi) is 3.19. The third kappa shape index (κ3) is 2.39. The smallest absolute Gasteiger partial charge is 0.203 e. The van der Waals surface area contributed by atoms with Crippen molar-refractivity contribution in [2.75, 3.05) is 0 Å². The summed E-state index contributed by atoms with van der Waals surface area (Å²) in [6.07, 6.45) is 2.06. The zero-order valence-corrected chi connectivity index (χ0v) is 9.94. The summed E-state index contributed by atoms with van der Waals surface area (Å²) in [6, 6.07) is 6.98. The lowest BCUT2D eigenvalue weighted by Gasteiger charge is -2.17. The first-order valence-electron chi connectivity index (χ1n) is 4.81. The molecule has 0 N–H and O–H groups in total. The Hall–Kier alpha value is -1.42. The van der Waals surface area contributed by atoms with Crippen LogP contribution in [0.5, 0.6) is 0 Å². The lowest BCUT2D eigenvalue weighted by Crippen LogP contribution is -2.27. The highest BCUT2D eigenvalue weighted by Gasteiger charge is 2.25. The van der Waals surface area contributed by atoms with E-state index in [-0.39, 0.29) is 18.0 Å². The summed E-state index contributed by atoms with van der Waals surface area (Å²) in [4.78, 5) is 23.1. The Morgan fingerprint density at radius 3 is 2.62 bits per heavy atom. The highest BCUT2D eigenvalue weighted by molar-refractivity contribution is 9.10. The van der Waals surface area contributed by atoms with Crippen LogP contribution < -0.4 is 0 Å². The van der Waals surface area contributed by atoms with Gasteiger partial charge in [-0.2, -0.15) is 0 Å². The molecule has 1 atom stereocenters. The molecule has 1 aliphatic heterocycles. The molecule has 1 heterocycles. The second-order valence-electron chi connectivity index (χ2n) is 3.47. The third-order valence-electron chi connectivity index (χ3n) is 2.30. The zero-order valence-electron chi connectivity index (χ0n) is 8.35. The van der Waals surface area contributed by atoms with Crippen LogP contribution in [-0.4, -0.2) is 17.7 Å². The van der Waals surface area contributed by atoms with Gasteiger partial charge in [0.25, 0.3) is 0 Å². The molecule has 2 rings (SSSR count). The monoisotopic (exact) mass is 280 g/mol. The number of carbonyl (C=O) groups excluding carboxylic acids is 2. The van der Waals surface area contributed by atoms with Gasteiger partial charge in [-0.1, -0.05) is 28.1 Å². The molecule has 82 valence electrons. The Labute approximate surface area is 101 Å². The van der Waals surface area contributed by atoms with Crippen LogP contribution in [0.25, 0.3) is 0 Å². The van der Waals surface area contributed by atoms with E-state index in [0.717, 1.165) is 4.47 Å². The van der Waals surface area contributed by atoms with E-state index in [1.807, 2.05) is 0 Å². The molecular formula is C12H9BrO3. The maximum atomic E-state index is 11.9. The summed E-state index contributed by atoms with van der Waals surface area (Å²) in [5, 5.41) is 0. The molecule has 0 aliphatic carbocycles. The van der Waals surface area contributed by atoms with Crippen LogP contribution in [0.2, 0.25) is 0 Å². The van der Waals surface area contributed by atoms with Crippen LogP contribution in [0, 0.1) is 0 Å². The molecule has 1 aromatic rings. The maximum Gasteiger partial charge on any atom is 0.203 e. The first kappa shape index (κ1) is 11.1. The number of rotatable bonds is 2. The predicted molar refractivity (Wildman–Crippen MR) is 62.1 cm³/mol. The molecule has 0 saturated heterocycles. The number of benzene rings is 1. The van der Waals surface area contributed by atoms with E-state index in [1.54, 1.807) is 24.3 Å². The van der Waals surface area contributed by atoms with E-state index < -0.39 is 6.10 Å². The van der Waals surface area contributed by atoms with Crippen LogP contribution >= 0.6 is 15.9 Å². The highest BCUT2D eigenvalue weighted by atomic mass is 79.9. The van der Waals surface area contributed by atoms with Crippen LogP contribution in [0.1, 0.15) is 16.8 Å². The lowest BCUT2D eigenvalue weighted by atomic mass is 10.0. The minimum Gasteiger partial charge on any atom is -0.489 e. The number of allylic oxidation sites excluding steroid dienone is 1. The topological polar surface area (TPSA) is 43.4 Å². The minimum atomic E-state index is -0.682. The SMILES string of the molecule is O=C1C=CO[C@@H](C(=O)c2ccc(Br)cc2)C1. The van der Waals surface area contributed by atoms with Gasteiger partial charge < -0.3 is 4.74 Å². The molecule has 3 nitrogen and oxygen atoms in total. The first-order valence-corrected chi connectivity index (χ1v) is 5.61. The second kappa shape index (κ2) is 4.61. The Balaban J connectivity index is 2.16. The standard InChI is InChI=1S/C12H9BrO3/c13-9-3-1-8(2-4-9)12(15)11-7-10(14)5-6-16-11/h1-6,11H,7H2/t11-/m1/s1. The molecule has 0 saturated carbocycles. The van der Waals surface area contributed by atoms with Gasteiger partial charge in [-0.3, -0.25) is 9.59 Å². The summed E-state index contributed by atoms with van der Waals surface area (Å²) >= 11 is 3.29. The van der Waals surface area contributed by atoms with Crippen molar-refractivity contribution < 1.29 is 14.3 Å². The highest BCUT2D eigenvalue weighted by Crippen LogP contribution is 2.16. The number of halogens is 1. The molecule has 1 aliphatic rings. The molecule has 0 unspecified atom stereocenters. The van der Waals surface area contributed by atoms with Crippen molar-refractivity contribution in [1.29, 1.82) is 0 Å². The Bertz CT molecular complexity index is 448. The van der Waals surface area contributed by atoms with Crippen LogP contribution in [0.3, 0.4) is 0 Å². The number of Topliss-reactive ketones (excluding diaryl/α,β-unsaturated/α-hetero) is 1. The number of ketones is 2. The van der Waals surface area contributed by atoms with Gasteiger partial charge in [0.1, 0.15) is 0 Å². The van der Waals surface area contributed by atoms with Crippen molar-refractivity contribution in [3.05, 3.63) is 46.6 Å². The molecule has 0 fully saturated rings. The summed E-state index contributed by atoms with van der Waals surface area (Å²) in [5.41, 5.74) is 0.552. The second-order valence-corrected chi connectivity index (χ2v) is 4.38. The number of carbonyl (C=O) groups is 2. The summed E-state index contributed by atoms with van der Waals surface area (Å²) in [6.45, 7) is 0. The Morgan fingerprint density at radius 2 is 2.00 bits per heavy atom. The number of hydrogen-bond acceptors (Lipinski definition) is 3. The average molecular weight is 281 g/mol. The number of hydrogen-bond donors (Lipinski definition) is 0. The number of ether oxygens (including phenoxy) is 1. The minimum absolute atomic E-state index is 0.0817. The van der Waals surface area contributed by atoms with E-state index in [4.69, 9.17) is 4.74 Å². The molecule has 0 radical (unpaired) electrons. The van der Waals surface area contributed by atoms with Gasteiger partial charge in [0.15, 0.2) is 11.9 Å². The van der Waals surface area contributed by atoms with Crippen LogP contribution in [0.15, 0.2) is 41.1 Å². The van der Waals surface area contributed by atoms with Crippen LogP contribution in [0.4, 0.5) is 0 Å². The maximum absolute atomic E-state index is 11.9. The Morgan fingerprint density at radius 1 is 1.31 bits per heavy atom. The summed E-state index contributed by atoms with van der Waals surface area (Å²) in [5.74, 6) is -0.244. The molecule has 16 heavy (non-hydrogen) atoms. The zero-order chi connectivity index (χ0) is 11.5. The fourth-order valence-corrected chi connectivity index (χ4v) is 1.73. The molecule has 0 spiro atoms. The molecule has 0 bridgehead atoms. The van der Waals surface area contributed by atoms with E-state index in [0.29, 0.717) is 5.56 Å². The average Bonchev–Trinajstić information content (AvgIpc) is 2.29. The van der Waals surface area contributed by atoms with Crippen molar-refractivity contribution in [1.82, 2.24) is 0 Å². The largest absolute Gasteiger partial charge is 0.489 e.